The molecule has 2 aliphatic carbocycles. The highest BCUT2D eigenvalue weighted by Crippen LogP contribution is 2.49. The summed E-state index contributed by atoms with van der Waals surface area (Å²) in [7, 11) is 0. The fraction of sp³-hybridized carbons (Fsp3) is 0.414. The summed E-state index contributed by atoms with van der Waals surface area (Å²) in [4.78, 5) is 32.2. The van der Waals surface area contributed by atoms with Crippen molar-refractivity contribution in [3.63, 3.8) is 0 Å². The highest BCUT2D eigenvalue weighted by atomic mass is 35.5. The second kappa shape index (κ2) is 10.3. The molecule has 2 aromatic rings. The van der Waals surface area contributed by atoms with Gasteiger partial charge < -0.3 is 4.74 Å². The van der Waals surface area contributed by atoms with Crippen LogP contribution in [0.3, 0.4) is 0 Å². The fourth-order valence-electron chi connectivity index (χ4n) is 5.84. The summed E-state index contributed by atoms with van der Waals surface area (Å²) in [6, 6.07) is 15.5. The highest BCUT2D eigenvalue weighted by molar-refractivity contribution is 6.42. The van der Waals surface area contributed by atoms with Crippen LogP contribution in [0.15, 0.2) is 64.8 Å². The maximum absolute atomic E-state index is 13.7. The Kier molecular flexibility index (Phi) is 7.13. The van der Waals surface area contributed by atoms with Gasteiger partial charge in [0, 0.05) is 29.3 Å². The van der Waals surface area contributed by atoms with E-state index in [9.17, 15) is 9.59 Å². The zero-order valence-electron chi connectivity index (χ0n) is 19.8. The number of carbonyl (C=O) groups excluding carboxylic acids is 2. The summed E-state index contributed by atoms with van der Waals surface area (Å²) in [5.41, 5.74) is 3.79. The van der Waals surface area contributed by atoms with Gasteiger partial charge in [-0.05, 0) is 62.1 Å². The van der Waals surface area contributed by atoms with E-state index in [2.05, 4.69) is 12.1 Å². The van der Waals surface area contributed by atoms with Gasteiger partial charge in [0.05, 0.1) is 10.0 Å². The first kappa shape index (κ1) is 24.3. The Morgan fingerprint density at radius 2 is 1.71 bits per heavy atom. The first-order valence-electron chi connectivity index (χ1n) is 12.4. The van der Waals surface area contributed by atoms with Crippen LogP contribution in [0.2, 0.25) is 10.0 Å². The lowest BCUT2D eigenvalue weighted by Crippen LogP contribution is -2.39. The van der Waals surface area contributed by atoms with Gasteiger partial charge in [0.2, 0.25) is 0 Å². The maximum atomic E-state index is 13.7. The molecule has 0 radical (unpaired) electrons. The Labute approximate surface area is 216 Å². The number of aliphatic imine (C=N–C) groups is 1. The molecule has 1 aliphatic heterocycles. The highest BCUT2D eigenvalue weighted by Gasteiger charge is 2.46. The predicted molar refractivity (Wildman–Crippen MR) is 139 cm³/mol. The van der Waals surface area contributed by atoms with Crippen molar-refractivity contribution >= 4 is 40.7 Å². The van der Waals surface area contributed by atoms with Gasteiger partial charge in [0.25, 0.3) is 0 Å². The van der Waals surface area contributed by atoms with Crippen LogP contribution >= 0.6 is 23.2 Å². The third-order valence-corrected chi connectivity index (χ3v) is 8.40. The number of benzene rings is 2. The van der Waals surface area contributed by atoms with Gasteiger partial charge >= 0.3 is 5.97 Å². The topological polar surface area (TPSA) is 55.7 Å². The van der Waals surface area contributed by atoms with E-state index in [4.69, 9.17) is 32.9 Å². The number of nitrogens with zero attached hydrogens (tertiary/aromatic N) is 1. The smallest absolute Gasteiger partial charge is 0.315 e. The number of Topliss-reactive ketones (excluding diaryl/α,β-unsaturated/α-hetero) is 1. The third kappa shape index (κ3) is 4.83. The Balaban J connectivity index is 1.56. The molecule has 3 aliphatic rings. The monoisotopic (exact) mass is 509 g/mol. The van der Waals surface area contributed by atoms with Crippen molar-refractivity contribution in [1.82, 2.24) is 0 Å². The minimum absolute atomic E-state index is 0.00728. The molecule has 0 aromatic heterocycles. The number of ether oxygens (including phenoxy) is 1. The first-order chi connectivity index (χ1) is 16.9. The molecule has 182 valence electrons. The van der Waals surface area contributed by atoms with Crippen molar-refractivity contribution in [2.24, 2.45) is 10.9 Å². The van der Waals surface area contributed by atoms with Crippen molar-refractivity contribution in [3.05, 3.63) is 81.0 Å². The second-order valence-electron chi connectivity index (χ2n) is 9.85. The molecule has 0 spiro atoms. The minimum Gasteiger partial charge on any atom is -0.462 e. The lowest BCUT2D eigenvalue weighted by Gasteiger charge is -2.37. The van der Waals surface area contributed by atoms with Crippen molar-refractivity contribution in [3.8, 4) is 0 Å². The van der Waals surface area contributed by atoms with E-state index in [1.54, 1.807) is 6.07 Å². The molecule has 0 saturated heterocycles. The van der Waals surface area contributed by atoms with E-state index in [-0.39, 0.29) is 23.8 Å². The van der Waals surface area contributed by atoms with Gasteiger partial charge in [-0.25, -0.2) is 0 Å². The number of allylic oxidation sites excluding steroid dienone is 2. The van der Waals surface area contributed by atoms with Crippen LogP contribution in [0.1, 0.15) is 74.8 Å². The average Bonchev–Trinajstić information content (AvgIpc) is 2.86. The quantitative estimate of drug-likeness (QED) is 0.402. The summed E-state index contributed by atoms with van der Waals surface area (Å²) in [5, 5.41) is 0.769. The number of hydrogen-bond donors (Lipinski definition) is 0. The number of hydrogen-bond acceptors (Lipinski definition) is 4. The lowest BCUT2D eigenvalue weighted by atomic mass is 9.69. The van der Waals surface area contributed by atoms with Crippen LogP contribution < -0.4 is 0 Å². The van der Waals surface area contributed by atoms with Crippen LogP contribution in [0.4, 0.5) is 0 Å². The molecular weight excluding hydrogens is 481 g/mol. The molecule has 3 atom stereocenters. The van der Waals surface area contributed by atoms with E-state index in [1.165, 1.54) is 6.42 Å². The van der Waals surface area contributed by atoms with Crippen LogP contribution in [-0.4, -0.2) is 23.6 Å². The standard InChI is InChI=1S/C29H29Cl2NO3/c1-17-25(29(34)35-20-11-6-3-7-12-20)26(21-13-8-14-22(30)28(21)31)27-23(32-17)15-19(16-24(27)33)18-9-4-2-5-10-18/h2,4-5,8-10,13-14,19-20,25-26H,3,6-7,11-12,15-16H2,1H3/t19-,25?,26+/m0/s1. The zero-order valence-corrected chi connectivity index (χ0v) is 21.3. The van der Waals surface area contributed by atoms with Gasteiger partial charge in [-0.15, -0.1) is 0 Å². The number of halogens is 2. The molecule has 0 amide bonds. The van der Waals surface area contributed by atoms with Crippen molar-refractivity contribution in [2.45, 2.75) is 69.8 Å². The Bertz CT molecular complexity index is 1200. The largest absolute Gasteiger partial charge is 0.462 e. The van der Waals surface area contributed by atoms with Gasteiger partial charge in [-0.2, -0.15) is 0 Å². The van der Waals surface area contributed by atoms with E-state index in [0.717, 1.165) is 36.9 Å². The summed E-state index contributed by atoms with van der Waals surface area (Å²) >= 11 is 13.1. The van der Waals surface area contributed by atoms with Crippen LogP contribution in [0, 0.1) is 5.92 Å². The molecule has 2 aromatic carbocycles. The second-order valence-corrected chi connectivity index (χ2v) is 10.6. The van der Waals surface area contributed by atoms with Crippen LogP contribution in [0.5, 0.6) is 0 Å². The average molecular weight is 510 g/mol. The van der Waals surface area contributed by atoms with Crippen molar-refractivity contribution in [2.75, 3.05) is 0 Å². The first-order valence-corrected chi connectivity index (χ1v) is 13.2. The van der Waals surface area contributed by atoms with E-state index < -0.39 is 11.8 Å². The molecule has 6 heteroatoms. The number of esters is 1. The molecule has 4 nitrogen and oxygen atoms in total. The van der Waals surface area contributed by atoms with Gasteiger partial charge in [-0.1, -0.05) is 72.1 Å². The summed E-state index contributed by atoms with van der Waals surface area (Å²) < 4.78 is 6.00. The van der Waals surface area contributed by atoms with Crippen LogP contribution in [0.25, 0.3) is 0 Å². The molecule has 1 fully saturated rings. The summed E-state index contributed by atoms with van der Waals surface area (Å²) in [5.74, 6) is -1.53. The van der Waals surface area contributed by atoms with Crippen molar-refractivity contribution in [1.29, 1.82) is 0 Å². The molecule has 1 heterocycles. The van der Waals surface area contributed by atoms with E-state index >= 15 is 0 Å². The van der Waals surface area contributed by atoms with Crippen molar-refractivity contribution < 1.29 is 14.3 Å². The molecule has 0 bridgehead atoms. The van der Waals surface area contributed by atoms with Gasteiger partial charge in [0.15, 0.2) is 5.78 Å². The van der Waals surface area contributed by atoms with Crippen LogP contribution in [-0.2, 0) is 14.3 Å². The van der Waals surface area contributed by atoms with E-state index in [1.807, 2.05) is 37.3 Å². The number of rotatable bonds is 4. The molecule has 35 heavy (non-hydrogen) atoms. The summed E-state index contributed by atoms with van der Waals surface area (Å²) in [6.07, 6.45) is 5.98. The predicted octanol–water partition coefficient (Wildman–Crippen LogP) is 7.44. The SMILES string of the molecule is CC1=NC2=C(C(=O)C[C@@H](c3ccccc3)C2)[C@H](c2cccc(Cl)c2Cl)C1C(=O)OC1CCCCC1. The Morgan fingerprint density at radius 3 is 2.46 bits per heavy atom. The lowest BCUT2D eigenvalue weighted by molar-refractivity contribution is -0.153. The minimum atomic E-state index is -0.705. The Morgan fingerprint density at radius 1 is 0.971 bits per heavy atom. The normalized spacial score (nSPS) is 25.2. The third-order valence-electron chi connectivity index (χ3n) is 7.57. The maximum Gasteiger partial charge on any atom is 0.315 e. The zero-order chi connectivity index (χ0) is 24.5. The van der Waals surface area contributed by atoms with E-state index in [0.29, 0.717) is 39.7 Å². The van der Waals surface area contributed by atoms with Gasteiger partial charge in [-0.3, -0.25) is 14.6 Å². The Hall–Kier alpha value is -2.43. The molecular formula is C29H29Cl2NO3. The molecule has 0 N–H and O–H groups in total. The molecule has 1 saturated carbocycles. The summed E-state index contributed by atoms with van der Waals surface area (Å²) in [6.45, 7) is 1.86. The number of ketones is 1. The number of carbonyl (C=O) groups is 2. The van der Waals surface area contributed by atoms with Gasteiger partial charge in [0.1, 0.15) is 12.0 Å². The molecule has 1 unspecified atom stereocenters. The fourth-order valence-corrected chi connectivity index (χ4v) is 6.27. The molecule has 5 rings (SSSR count).